The number of phosphoric ester groups is 2. The van der Waals surface area contributed by atoms with Gasteiger partial charge >= 0.3 is 39.5 Å². The van der Waals surface area contributed by atoms with Crippen LogP contribution in [0.5, 0.6) is 0 Å². The Balaban J connectivity index is 5.21. The van der Waals surface area contributed by atoms with Crippen LogP contribution in [0.15, 0.2) is 0 Å². The van der Waals surface area contributed by atoms with Crippen LogP contribution in [0.4, 0.5) is 0 Å². The minimum absolute atomic E-state index is 0.101. The predicted octanol–water partition coefficient (Wildman–Crippen LogP) is 15.7. The maximum absolute atomic E-state index is 12.9. The number of phosphoric acid groups is 2. The summed E-state index contributed by atoms with van der Waals surface area (Å²) in [6, 6.07) is 0. The molecule has 5 atom stereocenters. The van der Waals surface area contributed by atoms with Gasteiger partial charge in [0.15, 0.2) is 12.2 Å². The largest absolute Gasteiger partial charge is 0.472 e. The van der Waals surface area contributed by atoms with Gasteiger partial charge in [0, 0.05) is 25.7 Å². The van der Waals surface area contributed by atoms with Crippen molar-refractivity contribution in [2.75, 3.05) is 39.6 Å². The first-order valence-corrected chi connectivity index (χ1v) is 34.0. The molecule has 19 heteroatoms. The second-order valence-corrected chi connectivity index (χ2v) is 25.2. The Morgan fingerprint density at radius 3 is 0.872 bits per heavy atom. The van der Waals surface area contributed by atoms with E-state index in [1.54, 1.807) is 0 Å². The molecule has 17 nitrogen and oxygen atoms in total. The lowest BCUT2D eigenvalue weighted by atomic mass is 10.0. The van der Waals surface area contributed by atoms with Gasteiger partial charge in [-0.1, -0.05) is 234 Å². The molecule has 0 saturated heterocycles. The number of esters is 4. The van der Waals surface area contributed by atoms with E-state index in [1.165, 1.54) is 83.5 Å². The molecule has 78 heavy (non-hydrogen) atoms. The molecule has 0 heterocycles. The van der Waals surface area contributed by atoms with Gasteiger partial charge in [0.05, 0.1) is 26.4 Å². The molecule has 0 aromatic rings. The minimum Gasteiger partial charge on any atom is -0.462 e. The third-order valence-corrected chi connectivity index (χ3v) is 15.4. The summed E-state index contributed by atoms with van der Waals surface area (Å²) in [5.74, 6) is -0.801. The van der Waals surface area contributed by atoms with Crippen molar-refractivity contribution >= 4 is 39.5 Å². The lowest BCUT2D eigenvalue weighted by Gasteiger charge is -2.21. The van der Waals surface area contributed by atoms with Gasteiger partial charge < -0.3 is 33.8 Å². The fourth-order valence-corrected chi connectivity index (χ4v) is 10.2. The molecule has 0 saturated carbocycles. The highest BCUT2D eigenvalue weighted by atomic mass is 31.2. The SMILES string of the molecule is CCCCCCCCCCCCCCCC(=O)O[C@H](COC(=O)CCCCCCCCC(C)C)COP(=O)(O)OC[C@@H](O)COP(=O)(O)OC[C@@H](COC(=O)CCCCCCCCC)OC(=O)CCCCCCCCC(C)C. The number of aliphatic hydroxyl groups is 1. The number of aliphatic hydroxyl groups excluding tert-OH is 1. The Morgan fingerprint density at radius 1 is 0.346 bits per heavy atom. The van der Waals surface area contributed by atoms with E-state index in [0.29, 0.717) is 37.5 Å². The fraction of sp³-hybridized carbons (Fsp3) is 0.932. The van der Waals surface area contributed by atoms with Crippen LogP contribution in [0.1, 0.15) is 286 Å². The summed E-state index contributed by atoms with van der Waals surface area (Å²) < 4.78 is 67.6. The first-order chi connectivity index (χ1) is 37.4. The molecular weight excluding hydrogens is 1040 g/mol. The van der Waals surface area contributed by atoms with Crippen molar-refractivity contribution < 1.29 is 80.2 Å². The smallest absolute Gasteiger partial charge is 0.462 e. The van der Waals surface area contributed by atoms with E-state index in [4.69, 9.17) is 37.0 Å². The summed E-state index contributed by atoms with van der Waals surface area (Å²) >= 11 is 0. The zero-order chi connectivity index (χ0) is 58.0. The quantitative estimate of drug-likeness (QED) is 0.0222. The normalized spacial score (nSPS) is 14.4. The zero-order valence-electron chi connectivity index (χ0n) is 50.0. The van der Waals surface area contributed by atoms with E-state index >= 15 is 0 Å². The van der Waals surface area contributed by atoms with Gasteiger partial charge in [-0.15, -0.1) is 0 Å². The van der Waals surface area contributed by atoms with Gasteiger partial charge in [-0.05, 0) is 37.5 Å². The van der Waals surface area contributed by atoms with Crippen LogP contribution in [-0.2, 0) is 65.4 Å². The van der Waals surface area contributed by atoms with Crippen LogP contribution >= 0.6 is 15.6 Å². The van der Waals surface area contributed by atoms with Crippen molar-refractivity contribution in [3.8, 4) is 0 Å². The van der Waals surface area contributed by atoms with Crippen LogP contribution in [0.25, 0.3) is 0 Å². The molecule has 0 fully saturated rings. The Morgan fingerprint density at radius 2 is 0.590 bits per heavy atom. The molecule has 0 spiro atoms. The molecule has 3 N–H and O–H groups in total. The lowest BCUT2D eigenvalue weighted by molar-refractivity contribution is -0.161. The third kappa shape index (κ3) is 53.4. The lowest BCUT2D eigenvalue weighted by Crippen LogP contribution is -2.30. The highest BCUT2D eigenvalue weighted by Crippen LogP contribution is 2.45. The van der Waals surface area contributed by atoms with Crippen molar-refractivity contribution in [2.45, 2.75) is 304 Å². The molecule has 0 amide bonds. The number of hydrogen-bond acceptors (Lipinski definition) is 15. The van der Waals surface area contributed by atoms with Gasteiger partial charge in [0.25, 0.3) is 0 Å². The van der Waals surface area contributed by atoms with Gasteiger partial charge in [0.1, 0.15) is 19.3 Å². The third-order valence-electron chi connectivity index (χ3n) is 13.5. The average molecular weight is 1160 g/mol. The van der Waals surface area contributed by atoms with Crippen molar-refractivity contribution in [1.29, 1.82) is 0 Å². The Hall–Kier alpha value is -1.94. The molecular formula is C59H114O17P2. The van der Waals surface area contributed by atoms with Crippen LogP contribution in [0.3, 0.4) is 0 Å². The van der Waals surface area contributed by atoms with Crippen molar-refractivity contribution in [2.24, 2.45) is 11.8 Å². The number of hydrogen-bond donors (Lipinski definition) is 3. The molecule has 0 aliphatic rings. The highest BCUT2D eigenvalue weighted by molar-refractivity contribution is 7.47. The molecule has 0 aliphatic heterocycles. The van der Waals surface area contributed by atoms with Crippen LogP contribution in [0.2, 0.25) is 0 Å². The van der Waals surface area contributed by atoms with E-state index in [-0.39, 0.29) is 25.7 Å². The fourth-order valence-electron chi connectivity index (χ4n) is 8.65. The van der Waals surface area contributed by atoms with Crippen LogP contribution in [-0.4, -0.2) is 96.7 Å². The van der Waals surface area contributed by atoms with Crippen molar-refractivity contribution in [3.05, 3.63) is 0 Å². The summed E-state index contributed by atoms with van der Waals surface area (Å²) in [6.07, 6.45) is 32.5. The van der Waals surface area contributed by atoms with E-state index in [1.807, 2.05) is 0 Å². The Bertz CT molecular complexity index is 1550. The van der Waals surface area contributed by atoms with E-state index < -0.39 is 97.5 Å². The Kier molecular flexibility index (Phi) is 50.6. The first kappa shape index (κ1) is 76.1. The molecule has 0 aromatic carbocycles. The molecule has 0 rings (SSSR count). The molecule has 462 valence electrons. The first-order valence-electron chi connectivity index (χ1n) is 31.0. The van der Waals surface area contributed by atoms with Gasteiger partial charge in [-0.3, -0.25) is 37.3 Å². The molecule has 0 aliphatic carbocycles. The van der Waals surface area contributed by atoms with Crippen LogP contribution < -0.4 is 0 Å². The van der Waals surface area contributed by atoms with Crippen LogP contribution in [0, 0.1) is 11.8 Å². The molecule has 0 bridgehead atoms. The van der Waals surface area contributed by atoms with Gasteiger partial charge in [-0.2, -0.15) is 0 Å². The standard InChI is InChI=1S/C59H114O17P2/c1-7-9-11-13-15-16-17-18-19-20-22-31-37-43-58(63)75-54(48-70-57(62)42-36-30-25-23-27-33-39-51(3)4)49-73-77(65,66)71-45-53(60)46-72-78(67,68)74-50-55(47-69-56(61)41-35-29-21-14-12-10-8-2)76-59(64)44-38-32-26-24-28-34-40-52(5)6/h51-55,60H,7-50H2,1-6H3,(H,65,66)(H,67,68)/t53-,54-,55-/m1/s1. The average Bonchev–Trinajstić information content (AvgIpc) is 3.39. The predicted molar refractivity (Wildman–Crippen MR) is 308 cm³/mol. The van der Waals surface area contributed by atoms with Crippen molar-refractivity contribution in [1.82, 2.24) is 0 Å². The zero-order valence-corrected chi connectivity index (χ0v) is 51.7. The highest BCUT2D eigenvalue weighted by Gasteiger charge is 2.30. The molecule has 2 unspecified atom stereocenters. The number of carbonyl (C=O) groups is 4. The van der Waals surface area contributed by atoms with E-state index in [0.717, 1.165) is 109 Å². The van der Waals surface area contributed by atoms with E-state index in [2.05, 4.69) is 41.5 Å². The number of carbonyl (C=O) groups excluding carboxylic acids is 4. The summed E-state index contributed by atoms with van der Waals surface area (Å²) in [5, 5.41) is 10.5. The number of rotatable bonds is 58. The van der Waals surface area contributed by atoms with E-state index in [9.17, 15) is 43.2 Å². The molecule has 0 radical (unpaired) electrons. The van der Waals surface area contributed by atoms with Gasteiger partial charge in [-0.25, -0.2) is 9.13 Å². The monoisotopic (exact) mass is 1160 g/mol. The summed E-state index contributed by atoms with van der Waals surface area (Å²) in [6.45, 7) is 9.24. The Labute approximate surface area is 473 Å². The van der Waals surface area contributed by atoms with Crippen molar-refractivity contribution in [3.63, 3.8) is 0 Å². The molecule has 0 aromatic heterocycles. The maximum Gasteiger partial charge on any atom is 0.472 e. The summed E-state index contributed by atoms with van der Waals surface area (Å²) in [7, 11) is -9.87. The minimum atomic E-state index is -4.94. The number of unbranched alkanes of at least 4 members (excludes halogenated alkanes) is 28. The number of ether oxygens (including phenoxy) is 4. The topological polar surface area (TPSA) is 237 Å². The second-order valence-electron chi connectivity index (χ2n) is 22.3. The summed E-state index contributed by atoms with van der Waals surface area (Å²) in [4.78, 5) is 71.8. The van der Waals surface area contributed by atoms with Gasteiger partial charge in [0.2, 0.25) is 0 Å². The maximum atomic E-state index is 12.9. The second kappa shape index (κ2) is 51.9. The summed E-state index contributed by atoms with van der Waals surface area (Å²) in [5.41, 5.74) is 0.